The van der Waals surface area contributed by atoms with Crippen LogP contribution in [0.4, 0.5) is 20.4 Å². The van der Waals surface area contributed by atoms with Crippen LogP contribution in [0.1, 0.15) is 46.5 Å². The molecule has 0 radical (unpaired) electrons. The summed E-state index contributed by atoms with van der Waals surface area (Å²) in [6, 6.07) is 11.8. The third-order valence-corrected chi connectivity index (χ3v) is 7.63. The van der Waals surface area contributed by atoms with E-state index in [1.807, 2.05) is 14.0 Å². The maximum Gasteiger partial charge on any atom is 0.270 e. The van der Waals surface area contributed by atoms with Crippen LogP contribution in [-0.4, -0.2) is 68.1 Å². The number of ketones is 1. The second-order valence-electron chi connectivity index (χ2n) is 11.0. The number of ether oxygens (including phenoxy) is 1. The number of hydrogen-bond donors (Lipinski definition) is 1. The van der Waals surface area contributed by atoms with Gasteiger partial charge < -0.3 is 15.0 Å². The molecular weight excluding hydrogens is 552 g/mol. The Morgan fingerprint density at radius 2 is 1.84 bits per heavy atom. The van der Waals surface area contributed by atoms with Gasteiger partial charge in [-0.3, -0.25) is 14.4 Å². The Hall–Kier alpha value is -4.22. The van der Waals surface area contributed by atoms with Gasteiger partial charge in [-0.05, 0) is 42.3 Å². The Bertz CT molecular complexity index is 1580. The van der Waals surface area contributed by atoms with E-state index in [9.17, 15) is 13.6 Å². The van der Waals surface area contributed by atoms with E-state index in [1.54, 1.807) is 59.7 Å². The van der Waals surface area contributed by atoms with Gasteiger partial charge in [0.25, 0.3) is 5.92 Å². The van der Waals surface area contributed by atoms with Crippen molar-refractivity contribution in [3.8, 4) is 11.6 Å². The Morgan fingerprint density at radius 1 is 1.07 bits per heavy atom. The molecule has 0 aliphatic carbocycles. The van der Waals surface area contributed by atoms with Gasteiger partial charge in [0.1, 0.15) is 5.75 Å². The van der Waals surface area contributed by atoms with E-state index in [1.165, 1.54) is 6.07 Å². The molecule has 1 aliphatic heterocycles. The lowest BCUT2D eigenvalue weighted by atomic mass is 9.95. The maximum atomic E-state index is 14.7. The van der Waals surface area contributed by atoms with Crippen LogP contribution in [0.2, 0.25) is 0 Å². The Labute approximate surface area is 250 Å². The first kappa shape index (κ1) is 30.2. The van der Waals surface area contributed by atoms with Gasteiger partial charge in [-0.2, -0.15) is 10.1 Å². The van der Waals surface area contributed by atoms with E-state index in [4.69, 9.17) is 4.74 Å². The molecule has 1 saturated heterocycles. The molecule has 9 nitrogen and oxygen atoms in total. The number of rotatable bonds is 11. The summed E-state index contributed by atoms with van der Waals surface area (Å²) in [5.41, 5.74) is 3.09. The molecule has 0 amide bonds. The van der Waals surface area contributed by atoms with E-state index in [-0.39, 0.29) is 17.8 Å². The minimum absolute atomic E-state index is 0.00623. The average molecular weight is 590 g/mol. The van der Waals surface area contributed by atoms with Gasteiger partial charge >= 0.3 is 0 Å². The number of benzene rings is 2. The largest absolute Gasteiger partial charge is 0.439 e. The SMILES string of the molecule is CCN1CCN(Cc2ccc(CC(=O)c3ccc(C)c(Oc4ccnc(Nc5cnn(C)c5)n4)c3)cc2C(C)(F)F)CC1. The number of aromatic nitrogens is 4. The number of aryl methyl sites for hydroxylation is 2. The summed E-state index contributed by atoms with van der Waals surface area (Å²) >= 11 is 0. The molecule has 0 bridgehead atoms. The van der Waals surface area contributed by atoms with Crippen LogP contribution in [0, 0.1) is 6.92 Å². The number of Topliss-reactive ketones (excluding diaryl/α,β-unsaturated/α-hetero) is 1. The highest BCUT2D eigenvalue weighted by molar-refractivity contribution is 5.98. The van der Waals surface area contributed by atoms with Gasteiger partial charge in [0.15, 0.2) is 5.78 Å². The van der Waals surface area contributed by atoms with Crippen LogP contribution in [0.5, 0.6) is 11.6 Å². The molecule has 2 aromatic heterocycles. The van der Waals surface area contributed by atoms with Gasteiger partial charge in [0.05, 0.1) is 11.9 Å². The summed E-state index contributed by atoms with van der Waals surface area (Å²) in [6.45, 7) is 9.94. The summed E-state index contributed by atoms with van der Waals surface area (Å²) in [7, 11) is 1.81. The lowest BCUT2D eigenvalue weighted by molar-refractivity contribution is 0.0153. The lowest BCUT2D eigenvalue weighted by Gasteiger charge is -2.34. The van der Waals surface area contributed by atoms with E-state index in [0.717, 1.165) is 50.9 Å². The number of nitrogens with zero attached hydrogens (tertiary/aromatic N) is 6. The molecule has 2 aromatic carbocycles. The molecule has 11 heteroatoms. The van der Waals surface area contributed by atoms with E-state index >= 15 is 0 Å². The van der Waals surface area contributed by atoms with Crippen LogP contribution < -0.4 is 10.1 Å². The predicted octanol–water partition coefficient (Wildman–Crippen LogP) is 5.73. The van der Waals surface area contributed by atoms with Crippen molar-refractivity contribution in [1.82, 2.24) is 29.5 Å². The topological polar surface area (TPSA) is 88.4 Å². The van der Waals surface area contributed by atoms with Crippen molar-refractivity contribution in [2.75, 3.05) is 38.0 Å². The molecule has 0 atom stereocenters. The van der Waals surface area contributed by atoms with Gasteiger partial charge in [0.2, 0.25) is 11.8 Å². The molecule has 4 aromatic rings. The van der Waals surface area contributed by atoms with Crippen molar-refractivity contribution in [3.63, 3.8) is 0 Å². The summed E-state index contributed by atoms with van der Waals surface area (Å²) in [5.74, 6) is -2.11. The van der Waals surface area contributed by atoms with Crippen LogP contribution in [0.15, 0.2) is 61.1 Å². The van der Waals surface area contributed by atoms with E-state index < -0.39 is 5.92 Å². The molecule has 226 valence electrons. The number of alkyl halides is 2. The van der Waals surface area contributed by atoms with Crippen molar-refractivity contribution < 1.29 is 18.3 Å². The zero-order valence-electron chi connectivity index (χ0n) is 25.0. The number of nitrogens with one attached hydrogen (secondary N) is 1. The summed E-state index contributed by atoms with van der Waals surface area (Å²) in [4.78, 5) is 26.5. The first-order chi connectivity index (χ1) is 20.6. The zero-order valence-corrected chi connectivity index (χ0v) is 25.0. The Balaban J connectivity index is 1.29. The molecule has 1 N–H and O–H groups in total. The van der Waals surface area contributed by atoms with Crippen LogP contribution >= 0.6 is 0 Å². The highest BCUT2D eigenvalue weighted by Crippen LogP contribution is 2.32. The number of carbonyl (C=O) groups excluding carboxylic acids is 1. The number of hydrogen-bond acceptors (Lipinski definition) is 8. The number of carbonyl (C=O) groups is 1. The molecule has 43 heavy (non-hydrogen) atoms. The zero-order chi connectivity index (χ0) is 30.6. The smallest absolute Gasteiger partial charge is 0.270 e. The minimum Gasteiger partial charge on any atom is -0.439 e. The van der Waals surface area contributed by atoms with E-state index in [0.29, 0.717) is 40.8 Å². The quantitative estimate of drug-likeness (QED) is 0.222. The molecule has 1 aliphatic rings. The van der Waals surface area contributed by atoms with Gasteiger partial charge in [0, 0.05) is 82.7 Å². The van der Waals surface area contributed by atoms with Crippen molar-refractivity contribution in [1.29, 1.82) is 0 Å². The fraction of sp³-hybridized carbons (Fsp3) is 0.375. The number of likely N-dealkylation sites (N-methyl/N-ethyl adjacent to an activating group) is 1. The number of halogens is 2. The first-order valence-electron chi connectivity index (χ1n) is 14.4. The average Bonchev–Trinajstić information content (AvgIpc) is 3.39. The lowest BCUT2D eigenvalue weighted by Crippen LogP contribution is -2.45. The highest BCUT2D eigenvalue weighted by Gasteiger charge is 2.29. The number of anilines is 2. The van der Waals surface area contributed by atoms with Crippen molar-refractivity contribution in [3.05, 3.63) is 88.9 Å². The molecule has 1 fully saturated rings. The molecule has 3 heterocycles. The Kier molecular flexibility index (Phi) is 9.12. The van der Waals surface area contributed by atoms with Crippen molar-refractivity contribution in [2.24, 2.45) is 7.05 Å². The highest BCUT2D eigenvalue weighted by atomic mass is 19.3. The summed E-state index contributed by atoms with van der Waals surface area (Å²) in [6.07, 6.45) is 5.01. The molecular formula is C32H37F2N7O2. The maximum absolute atomic E-state index is 14.7. The third-order valence-electron chi connectivity index (χ3n) is 7.63. The van der Waals surface area contributed by atoms with Gasteiger partial charge in [-0.1, -0.05) is 31.2 Å². The molecule has 0 unspecified atom stereocenters. The van der Waals surface area contributed by atoms with Crippen molar-refractivity contribution >= 4 is 17.4 Å². The van der Waals surface area contributed by atoms with Crippen LogP contribution in [-0.2, 0) is 25.9 Å². The molecule has 5 rings (SSSR count). The standard InChI is InChI=1S/C32H37F2N7O2/c1-5-40-12-14-41(15-13-40)20-25-9-7-23(16-27(25)32(3,33)34)17-28(42)24-8-6-22(2)29(18-24)43-30-10-11-35-31(38-30)37-26-19-36-39(4)21-26/h6-11,16,18-19,21H,5,12-15,17,20H2,1-4H3,(H,35,37,38). The second kappa shape index (κ2) is 13.0. The van der Waals surface area contributed by atoms with Crippen LogP contribution in [0.25, 0.3) is 0 Å². The first-order valence-corrected chi connectivity index (χ1v) is 14.4. The van der Waals surface area contributed by atoms with Gasteiger partial charge in [-0.25, -0.2) is 13.8 Å². The molecule has 0 saturated carbocycles. The van der Waals surface area contributed by atoms with Crippen molar-refractivity contribution in [2.45, 2.75) is 39.7 Å². The fourth-order valence-corrected chi connectivity index (χ4v) is 5.14. The minimum atomic E-state index is -3.02. The summed E-state index contributed by atoms with van der Waals surface area (Å²) < 4.78 is 37.2. The van der Waals surface area contributed by atoms with E-state index in [2.05, 4.69) is 37.1 Å². The molecule has 0 spiro atoms. The normalized spacial score (nSPS) is 14.6. The monoisotopic (exact) mass is 589 g/mol. The third kappa shape index (κ3) is 7.79. The van der Waals surface area contributed by atoms with Crippen LogP contribution in [0.3, 0.4) is 0 Å². The second-order valence-corrected chi connectivity index (χ2v) is 11.0. The summed E-state index contributed by atoms with van der Waals surface area (Å²) in [5, 5.41) is 7.19. The predicted molar refractivity (Wildman–Crippen MR) is 161 cm³/mol. The number of piperazine rings is 1. The fourth-order valence-electron chi connectivity index (χ4n) is 5.14. The Morgan fingerprint density at radius 3 is 2.53 bits per heavy atom. The van der Waals surface area contributed by atoms with Gasteiger partial charge in [-0.15, -0.1) is 0 Å².